The fourth-order valence-corrected chi connectivity index (χ4v) is 3.28. The van der Waals surface area contributed by atoms with Crippen molar-refractivity contribution in [3.05, 3.63) is 75.1 Å². The minimum atomic E-state index is -0.585. The van der Waals surface area contributed by atoms with E-state index in [2.05, 4.69) is 20.8 Å². The van der Waals surface area contributed by atoms with Crippen LogP contribution in [-0.4, -0.2) is 35.7 Å². The van der Waals surface area contributed by atoms with Crippen LogP contribution in [0.25, 0.3) is 0 Å². The summed E-state index contributed by atoms with van der Waals surface area (Å²) in [6.45, 7) is 0.0563. The molecule has 0 bridgehead atoms. The van der Waals surface area contributed by atoms with E-state index in [1.54, 1.807) is 24.3 Å². The van der Waals surface area contributed by atoms with Crippen molar-refractivity contribution >= 4 is 46.5 Å². The average Bonchev–Trinajstić information content (AvgIpc) is 2.79. The lowest BCUT2D eigenvalue weighted by atomic mass is 10.1. The summed E-state index contributed by atoms with van der Waals surface area (Å²) in [6.07, 6.45) is 0.205. The molecule has 1 aromatic heterocycles. The molecule has 0 saturated carbocycles. The molecule has 0 radical (unpaired) electrons. The Hall–Kier alpha value is -3.43. The van der Waals surface area contributed by atoms with Gasteiger partial charge in [0.05, 0.1) is 11.6 Å². The van der Waals surface area contributed by atoms with Crippen LogP contribution in [0.4, 0.5) is 15.9 Å². The van der Waals surface area contributed by atoms with Crippen molar-refractivity contribution in [3.8, 4) is 5.75 Å². The molecule has 3 rings (SSSR count). The first-order chi connectivity index (χ1) is 15.3. The van der Waals surface area contributed by atoms with Crippen LogP contribution in [0.15, 0.2) is 42.5 Å². The van der Waals surface area contributed by atoms with E-state index in [-0.39, 0.29) is 41.2 Å². The van der Waals surface area contributed by atoms with E-state index in [0.29, 0.717) is 21.8 Å². The highest BCUT2D eigenvalue weighted by Gasteiger charge is 2.15. The predicted molar refractivity (Wildman–Crippen MR) is 120 cm³/mol. The fourth-order valence-electron chi connectivity index (χ4n) is 2.72. The summed E-state index contributed by atoms with van der Waals surface area (Å²) < 4.78 is 19.2. The molecule has 4 N–H and O–H groups in total. The molecular formula is C21H18Cl2FN5O3. The van der Waals surface area contributed by atoms with Crippen LogP contribution in [0.3, 0.4) is 0 Å². The summed E-state index contributed by atoms with van der Waals surface area (Å²) in [7, 11) is 1.53. The van der Waals surface area contributed by atoms with Crippen LogP contribution < -0.4 is 21.1 Å². The van der Waals surface area contributed by atoms with Crippen LogP contribution in [0, 0.1) is 5.82 Å². The van der Waals surface area contributed by atoms with Crippen LogP contribution in [-0.2, 0) is 6.42 Å². The number of rotatable bonds is 7. The van der Waals surface area contributed by atoms with Gasteiger partial charge in [-0.3, -0.25) is 9.59 Å². The number of nitrogens with two attached hydrogens (primary N) is 1. The van der Waals surface area contributed by atoms with Crippen LogP contribution in [0.1, 0.15) is 26.4 Å². The molecule has 0 unspecified atom stereocenters. The third-order valence-corrected chi connectivity index (χ3v) is 5.16. The third-order valence-electron chi connectivity index (χ3n) is 4.40. The Bertz CT molecular complexity index is 1160. The minimum Gasteiger partial charge on any atom is -0.489 e. The average molecular weight is 478 g/mol. The van der Waals surface area contributed by atoms with Gasteiger partial charge in [-0.2, -0.15) is 0 Å². The maximum absolute atomic E-state index is 13.6. The highest BCUT2D eigenvalue weighted by atomic mass is 35.5. The second-order valence-corrected chi connectivity index (χ2v) is 7.30. The van der Waals surface area contributed by atoms with E-state index in [1.165, 1.54) is 25.2 Å². The van der Waals surface area contributed by atoms with Crippen molar-refractivity contribution in [2.75, 3.05) is 24.7 Å². The molecular weight excluding hydrogens is 460 g/mol. The molecule has 0 spiro atoms. The Morgan fingerprint density at radius 2 is 1.81 bits per heavy atom. The second kappa shape index (κ2) is 10.3. The topological polar surface area (TPSA) is 119 Å². The number of nitrogens with zero attached hydrogens (tertiary/aromatic N) is 2. The molecule has 2 amide bonds. The quantitative estimate of drug-likeness (QED) is 0.446. The summed E-state index contributed by atoms with van der Waals surface area (Å²) in [5.74, 6) is -1.27. The van der Waals surface area contributed by atoms with Gasteiger partial charge in [-0.25, -0.2) is 4.39 Å². The van der Waals surface area contributed by atoms with Gasteiger partial charge in [0, 0.05) is 35.8 Å². The first-order valence-corrected chi connectivity index (χ1v) is 10.1. The Balaban J connectivity index is 1.67. The number of benzene rings is 2. The van der Waals surface area contributed by atoms with Gasteiger partial charge in [0.15, 0.2) is 17.3 Å². The molecule has 32 heavy (non-hydrogen) atoms. The van der Waals surface area contributed by atoms with E-state index in [9.17, 15) is 14.0 Å². The summed E-state index contributed by atoms with van der Waals surface area (Å²) in [5, 5.41) is 12.9. The zero-order valence-electron chi connectivity index (χ0n) is 16.8. The van der Waals surface area contributed by atoms with E-state index in [0.717, 1.165) is 0 Å². The van der Waals surface area contributed by atoms with E-state index in [4.69, 9.17) is 33.7 Å². The first kappa shape index (κ1) is 23.2. The molecule has 0 atom stereocenters. The molecule has 0 aliphatic heterocycles. The van der Waals surface area contributed by atoms with E-state index in [1.807, 2.05) is 0 Å². The molecule has 0 fully saturated rings. The molecule has 1 heterocycles. The van der Waals surface area contributed by atoms with Crippen molar-refractivity contribution in [1.29, 1.82) is 0 Å². The van der Waals surface area contributed by atoms with Gasteiger partial charge < -0.3 is 21.1 Å². The van der Waals surface area contributed by atoms with Gasteiger partial charge in [0.25, 0.3) is 11.8 Å². The Morgan fingerprint density at radius 1 is 1.09 bits per heavy atom. The van der Waals surface area contributed by atoms with E-state index < -0.39 is 11.7 Å². The number of halogens is 3. The van der Waals surface area contributed by atoms with Gasteiger partial charge in [0.2, 0.25) is 0 Å². The Labute approximate surface area is 192 Å². The van der Waals surface area contributed by atoms with Gasteiger partial charge in [-0.15, -0.1) is 10.2 Å². The number of aromatic nitrogens is 2. The molecule has 0 aliphatic carbocycles. The molecule has 11 heteroatoms. The summed E-state index contributed by atoms with van der Waals surface area (Å²) in [5.41, 5.74) is 7.05. The molecule has 2 aromatic carbocycles. The maximum Gasteiger partial charge on any atom is 0.276 e. The number of amides is 2. The number of ether oxygens (including phenoxy) is 1. The SMILES string of the molecule is CNC(=O)c1ccc(NC(=O)c2cc(OCCc3c(Cl)ccc(F)c3Cl)c(N)nn2)cc1. The summed E-state index contributed by atoms with van der Waals surface area (Å²) in [4.78, 5) is 24.1. The fraction of sp³-hybridized carbons (Fsp3) is 0.143. The molecule has 0 saturated heterocycles. The number of hydrogen-bond donors (Lipinski definition) is 3. The molecule has 8 nitrogen and oxygen atoms in total. The molecule has 0 aliphatic rings. The first-order valence-electron chi connectivity index (χ1n) is 9.32. The zero-order chi connectivity index (χ0) is 23.3. The van der Waals surface area contributed by atoms with Crippen molar-refractivity contribution < 1.29 is 18.7 Å². The number of carbonyl (C=O) groups excluding carboxylic acids is 2. The number of hydrogen-bond acceptors (Lipinski definition) is 6. The van der Waals surface area contributed by atoms with Gasteiger partial charge in [-0.05, 0) is 42.0 Å². The Kier molecular flexibility index (Phi) is 7.45. The lowest BCUT2D eigenvalue weighted by Gasteiger charge is -2.11. The lowest BCUT2D eigenvalue weighted by molar-refractivity contribution is 0.0962. The van der Waals surface area contributed by atoms with E-state index >= 15 is 0 Å². The number of carbonyl (C=O) groups is 2. The summed E-state index contributed by atoms with van der Waals surface area (Å²) in [6, 6.07) is 10.2. The van der Waals surface area contributed by atoms with Gasteiger partial charge >= 0.3 is 0 Å². The van der Waals surface area contributed by atoms with Gasteiger partial charge in [-0.1, -0.05) is 23.2 Å². The minimum absolute atomic E-state index is 0.0204. The van der Waals surface area contributed by atoms with Gasteiger partial charge in [0.1, 0.15) is 5.82 Å². The summed E-state index contributed by atoms with van der Waals surface area (Å²) >= 11 is 12.0. The van der Waals surface area contributed by atoms with Crippen molar-refractivity contribution in [3.63, 3.8) is 0 Å². The largest absolute Gasteiger partial charge is 0.489 e. The zero-order valence-corrected chi connectivity index (χ0v) is 18.3. The van der Waals surface area contributed by atoms with Crippen LogP contribution in [0.5, 0.6) is 5.75 Å². The maximum atomic E-state index is 13.6. The standard InChI is InChI=1S/C21H18Cl2FN5O3/c1-26-20(30)11-2-4-12(5-3-11)27-21(31)16-10-17(19(25)29-28-16)32-9-8-13-14(22)6-7-15(24)18(13)23/h2-7,10H,8-9H2,1H3,(H2,25,29)(H,26,30)(H,27,31). The van der Waals surface area contributed by atoms with Crippen LogP contribution >= 0.6 is 23.2 Å². The number of nitrogens with one attached hydrogen (secondary N) is 2. The highest BCUT2D eigenvalue weighted by molar-refractivity contribution is 6.36. The normalized spacial score (nSPS) is 10.5. The number of nitrogen functional groups attached to an aromatic ring is 1. The number of anilines is 2. The van der Waals surface area contributed by atoms with Crippen molar-refractivity contribution in [2.24, 2.45) is 0 Å². The second-order valence-electron chi connectivity index (χ2n) is 6.51. The molecule has 166 valence electrons. The third kappa shape index (κ3) is 5.43. The smallest absolute Gasteiger partial charge is 0.276 e. The van der Waals surface area contributed by atoms with Crippen molar-refractivity contribution in [2.45, 2.75) is 6.42 Å². The predicted octanol–water partition coefficient (Wildman–Crippen LogP) is 3.74. The van der Waals surface area contributed by atoms with Crippen molar-refractivity contribution in [1.82, 2.24) is 15.5 Å². The highest BCUT2D eigenvalue weighted by Crippen LogP contribution is 2.28. The van der Waals surface area contributed by atoms with Crippen LogP contribution in [0.2, 0.25) is 10.0 Å². The Morgan fingerprint density at radius 3 is 2.50 bits per heavy atom. The monoisotopic (exact) mass is 477 g/mol. The molecule has 3 aromatic rings. The lowest BCUT2D eigenvalue weighted by Crippen LogP contribution is -2.18.